The maximum absolute atomic E-state index is 12.9. The molecule has 0 saturated carbocycles. The number of hydrogen-bond donors (Lipinski definition) is 1. The van der Waals surface area contributed by atoms with Crippen LogP contribution in [0, 0.1) is 5.41 Å². The van der Waals surface area contributed by atoms with Gasteiger partial charge in [0, 0.05) is 58.9 Å². The minimum Gasteiger partial charge on any atom is -0.391 e. The van der Waals surface area contributed by atoms with Crippen LogP contribution in [0.2, 0.25) is 0 Å². The Hall–Kier alpha value is -2.94. The smallest absolute Gasteiger partial charge is 0.255 e. The van der Waals surface area contributed by atoms with Gasteiger partial charge in [-0.15, -0.1) is 0 Å². The summed E-state index contributed by atoms with van der Waals surface area (Å²) in [5.74, 6) is 0.758. The molecule has 2 saturated heterocycles. The molecule has 0 aromatic carbocycles. The lowest BCUT2D eigenvalue weighted by Gasteiger charge is -2.49. The maximum Gasteiger partial charge on any atom is 0.255 e. The van der Waals surface area contributed by atoms with Gasteiger partial charge in [0.25, 0.3) is 5.91 Å². The largest absolute Gasteiger partial charge is 0.391 e. The summed E-state index contributed by atoms with van der Waals surface area (Å²) in [6.07, 6.45) is 6.70. The quantitative estimate of drug-likeness (QED) is 0.779. The standard InChI is InChI=1S/C22H30N6O3/c1-25(2)19-5-4-17(13-23-19)21(31)26-10-6-22(7-11-26)12-18(29)14-27(16-22)20(30)15-28-9-3-8-24-28/h3-5,8-9,13,18,29H,6-7,10-12,14-16H2,1-2H3. The maximum atomic E-state index is 12.9. The van der Waals surface area contributed by atoms with Crippen molar-refractivity contribution in [1.82, 2.24) is 24.6 Å². The summed E-state index contributed by atoms with van der Waals surface area (Å²) in [4.78, 5) is 35.5. The first kappa shape index (κ1) is 21.3. The number of anilines is 1. The summed E-state index contributed by atoms with van der Waals surface area (Å²) < 4.78 is 1.60. The number of aliphatic hydroxyl groups is 1. The number of aliphatic hydroxyl groups excluding tert-OH is 1. The van der Waals surface area contributed by atoms with Crippen LogP contribution in [0.1, 0.15) is 29.6 Å². The highest BCUT2D eigenvalue weighted by Crippen LogP contribution is 2.40. The fourth-order valence-electron chi connectivity index (χ4n) is 4.68. The predicted octanol–water partition coefficient (Wildman–Crippen LogP) is 0.860. The molecule has 2 fully saturated rings. The molecule has 166 valence electrons. The molecule has 4 heterocycles. The minimum absolute atomic E-state index is 0.0179. The zero-order valence-corrected chi connectivity index (χ0v) is 18.1. The highest BCUT2D eigenvalue weighted by atomic mass is 16.3. The van der Waals surface area contributed by atoms with E-state index in [1.54, 1.807) is 34.2 Å². The molecule has 1 N–H and O–H groups in total. The number of pyridine rings is 1. The molecule has 2 aliphatic rings. The Kier molecular flexibility index (Phi) is 5.95. The van der Waals surface area contributed by atoms with Crippen LogP contribution in [0.4, 0.5) is 5.82 Å². The van der Waals surface area contributed by atoms with Crippen LogP contribution in [-0.2, 0) is 11.3 Å². The molecule has 31 heavy (non-hydrogen) atoms. The number of carbonyl (C=O) groups is 2. The average Bonchev–Trinajstić information content (AvgIpc) is 3.26. The van der Waals surface area contributed by atoms with Crippen molar-refractivity contribution in [1.29, 1.82) is 0 Å². The van der Waals surface area contributed by atoms with Crippen molar-refractivity contribution in [3.05, 3.63) is 42.4 Å². The molecular weight excluding hydrogens is 396 g/mol. The van der Waals surface area contributed by atoms with Crippen molar-refractivity contribution < 1.29 is 14.7 Å². The first-order chi connectivity index (χ1) is 14.8. The van der Waals surface area contributed by atoms with E-state index in [-0.39, 0.29) is 23.8 Å². The Bertz CT molecular complexity index is 904. The third-order valence-corrected chi connectivity index (χ3v) is 6.40. The summed E-state index contributed by atoms with van der Waals surface area (Å²) >= 11 is 0. The van der Waals surface area contributed by atoms with Gasteiger partial charge in [0.1, 0.15) is 12.4 Å². The Labute approximate surface area is 182 Å². The molecule has 0 aliphatic carbocycles. The van der Waals surface area contributed by atoms with Crippen molar-refractivity contribution in [2.75, 3.05) is 45.2 Å². The second-order valence-electron chi connectivity index (χ2n) is 8.93. The molecule has 2 aromatic rings. The van der Waals surface area contributed by atoms with Crippen LogP contribution in [0.15, 0.2) is 36.8 Å². The third-order valence-electron chi connectivity index (χ3n) is 6.40. The molecule has 2 aromatic heterocycles. The van der Waals surface area contributed by atoms with E-state index in [2.05, 4.69) is 10.1 Å². The number of piperidine rings is 2. The number of carbonyl (C=O) groups excluding carboxylic acids is 2. The average molecular weight is 427 g/mol. The van der Waals surface area contributed by atoms with Crippen molar-refractivity contribution in [2.45, 2.75) is 31.9 Å². The van der Waals surface area contributed by atoms with Crippen molar-refractivity contribution in [3.63, 3.8) is 0 Å². The number of amides is 2. The summed E-state index contributed by atoms with van der Waals surface area (Å²) in [6, 6.07) is 5.45. The monoisotopic (exact) mass is 426 g/mol. The second kappa shape index (κ2) is 8.66. The van der Waals surface area contributed by atoms with E-state index >= 15 is 0 Å². The topological polar surface area (TPSA) is 94.8 Å². The van der Waals surface area contributed by atoms with E-state index in [1.165, 1.54) is 0 Å². The molecule has 1 unspecified atom stereocenters. The van der Waals surface area contributed by atoms with Gasteiger partial charge >= 0.3 is 0 Å². The zero-order valence-electron chi connectivity index (χ0n) is 18.1. The van der Waals surface area contributed by atoms with Gasteiger partial charge in [-0.2, -0.15) is 5.10 Å². The molecule has 0 bridgehead atoms. The fraction of sp³-hybridized carbons (Fsp3) is 0.545. The lowest BCUT2D eigenvalue weighted by atomic mass is 9.71. The SMILES string of the molecule is CN(C)c1ccc(C(=O)N2CCC3(CC2)CC(O)CN(C(=O)Cn2cccn2)C3)cn1. The van der Waals surface area contributed by atoms with Gasteiger partial charge in [-0.05, 0) is 42.9 Å². The van der Waals surface area contributed by atoms with Gasteiger partial charge in [-0.25, -0.2) is 4.98 Å². The Balaban J connectivity index is 1.38. The number of rotatable bonds is 4. The third kappa shape index (κ3) is 4.71. The van der Waals surface area contributed by atoms with Crippen molar-refractivity contribution in [2.24, 2.45) is 5.41 Å². The Morgan fingerprint density at radius 3 is 2.61 bits per heavy atom. The van der Waals surface area contributed by atoms with E-state index in [4.69, 9.17) is 0 Å². The first-order valence-corrected chi connectivity index (χ1v) is 10.7. The molecule has 9 heteroatoms. The van der Waals surface area contributed by atoms with Crippen LogP contribution in [0.5, 0.6) is 0 Å². The van der Waals surface area contributed by atoms with Gasteiger partial charge < -0.3 is 19.8 Å². The number of aromatic nitrogens is 3. The number of β-amino-alcohol motifs (C(OH)–C–C–N with tert-alkyl or cyclic N) is 1. The van der Waals surface area contributed by atoms with E-state index < -0.39 is 6.10 Å². The highest BCUT2D eigenvalue weighted by Gasteiger charge is 2.43. The van der Waals surface area contributed by atoms with Gasteiger partial charge in [-0.1, -0.05) is 0 Å². The van der Waals surface area contributed by atoms with Gasteiger partial charge in [-0.3, -0.25) is 14.3 Å². The Morgan fingerprint density at radius 2 is 2.00 bits per heavy atom. The van der Waals surface area contributed by atoms with Crippen LogP contribution in [-0.4, -0.2) is 87.9 Å². The normalized spacial score (nSPS) is 20.7. The van der Waals surface area contributed by atoms with Crippen LogP contribution >= 0.6 is 0 Å². The van der Waals surface area contributed by atoms with Crippen molar-refractivity contribution >= 4 is 17.6 Å². The summed E-state index contributed by atoms with van der Waals surface area (Å²) in [7, 11) is 3.82. The molecule has 2 aliphatic heterocycles. The fourth-order valence-corrected chi connectivity index (χ4v) is 4.68. The first-order valence-electron chi connectivity index (χ1n) is 10.7. The van der Waals surface area contributed by atoms with Crippen molar-refractivity contribution in [3.8, 4) is 0 Å². The lowest BCUT2D eigenvalue weighted by Crippen LogP contribution is -2.56. The zero-order chi connectivity index (χ0) is 22.0. The molecule has 2 amide bonds. The van der Waals surface area contributed by atoms with Gasteiger partial charge in [0.15, 0.2) is 0 Å². The summed E-state index contributed by atoms with van der Waals surface area (Å²) in [5, 5.41) is 14.6. The molecule has 4 rings (SSSR count). The molecule has 1 spiro atoms. The number of hydrogen-bond acceptors (Lipinski definition) is 6. The van der Waals surface area contributed by atoms with Crippen LogP contribution in [0.3, 0.4) is 0 Å². The van der Waals surface area contributed by atoms with E-state index in [0.717, 1.165) is 18.7 Å². The van der Waals surface area contributed by atoms with E-state index in [9.17, 15) is 14.7 Å². The van der Waals surface area contributed by atoms with Gasteiger partial charge in [0.05, 0.1) is 11.7 Å². The highest BCUT2D eigenvalue weighted by molar-refractivity contribution is 5.94. The van der Waals surface area contributed by atoms with Crippen LogP contribution < -0.4 is 4.90 Å². The molecular formula is C22H30N6O3. The predicted molar refractivity (Wildman–Crippen MR) is 116 cm³/mol. The molecule has 1 atom stereocenters. The number of nitrogens with zero attached hydrogens (tertiary/aromatic N) is 6. The van der Waals surface area contributed by atoms with Gasteiger partial charge in [0.2, 0.25) is 5.91 Å². The number of likely N-dealkylation sites (tertiary alicyclic amines) is 2. The minimum atomic E-state index is -0.541. The lowest BCUT2D eigenvalue weighted by molar-refractivity contribution is -0.141. The Morgan fingerprint density at radius 1 is 1.23 bits per heavy atom. The van der Waals surface area contributed by atoms with E-state index in [0.29, 0.717) is 38.2 Å². The summed E-state index contributed by atoms with van der Waals surface area (Å²) in [6.45, 7) is 2.38. The van der Waals surface area contributed by atoms with Crippen LogP contribution in [0.25, 0.3) is 0 Å². The summed E-state index contributed by atoms with van der Waals surface area (Å²) in [5.41, 5.74) is 0.433. The molecule has 0 radical (unpaired) electrons. The van der Waals surface area contributed by atoms with E-state index in [1.807, 2.05) is 36.0 Å². The molecule has 9 nitrogen and oxygen atoms in total. The second-order valence-corrected chi connectivity index (χ2v) is 8.93.